The van der Waals surface area contributed by atoms with E-state index in [1.807, 2.05) is 60.7 Å². The maximum atomic E-state index is 13.1. The van der Waals surface area contributed by atoms with E-state index in [9.17, 15) is 18.0 Å². The minimum Gasteiger partial charge on any atom is -0.351 e. The van der Waals surface area contributed by atoms with Crippen molar-refractivity contribution in [3.63, 3.8) is 0 Å². The lowest BCUT2D eigenvalue weighted by Crippen LogP contribution is -2.30. The van der Waals surface area contributed by atoms with Gasteiger partial charge in [0.1, 0.15) is 5.70 Å². The average molecular weight is 394 g/mol. The molecule has 6 heteroatoms. The first-order valence-electron chi connectivity index (χ1n) is 9.03. The highest BCUT2D eigenvalue weighted by molar-refractivity contribution is 6.11. The first-order valence-corrected chi connectivity index (χ1v) is 9.03. The number of carbonyl (C=O) groups excluding carboxylic acids is 1. The molecule has 0 spiro atoms. The molecule has 0 aromatic heterocycles. The quantitative estimate of drug-likeness (QED) is 0.608. The highest BCUT2D eigenvalue weighted by Crippen LogP contribution is 2.36. The van der Waals surface area contributed by atoms with Crippen LogP contribution >= 0.6 is 0 Å². The molecule has 3 aromatic rings. The molecule has 29 heavy (non-hydrogen) atoms. The van der Waals surface area contributed by atoms with Crippen LogP contribution in [-0.4, -0.2) is 5.91 Å². The fraction of sp³-hybridized carbons (Fsp3) is 0.0870. The van der Waals surface area contributed by atoms with E-state index < -0.39 is 11.7 Å². The van der Waals surface area contributed by atoms with E-state index in [1.165, 1.54) is 12.1 Å². The van der Waals surface area contributed by atoms with Gasteiger partial charge in [-0.3, -0.25) is 9.69 Å². The van der Waals surface area contributed by atoms with E-state index in [1.54, 1.807) is 11.0 Å². The molecule has 1 atom stereocenters. The van der Waals surface area contributed by atoms with Gasteiger partial charge in [0.05, 0.1) is 11.6 Å². The zero-order chi connectivity index (χ0) is 20.4. The largest absolute Gasteiger partial charge is 0.416 e. The summed E-state index contributed by atoms with van der Waals surface area (Å²) in [5.41, 5.74) is 1.30. The first kappa shape index (κ1) is 18.8. The summed E-state index contributed by atoms with van der Waals surface area (Å²) in [7, 11) is 0. The minimum atomic E-state index is -4.45. The number of hydrogen-bond donors (Lipinski definition) is 1. The number of nitrogens with zero attached hydrogens (tertiary/aromatic N) is 1. The van der Waals surface area contributed by atoms with Crippen molar-refractivity contribution in [2.75, 3.05) is 10.2 Å². The average Bonchev–Trinajstić information content (AvgIpc) is 3.05. The Kier molecular flexibility index (Phi) is 4.84. The van der Waals surface area contributed by atoms with Crippen molar-refractivity contribution in [1.82, 2.24) is 0 Å². The third kappa shape index (κ3) is 3.87. The summed E-state index contributed by atoms with van der Waals surface area (Å²) in [5, 5.41) is 2.87. The number of anilines is 2. The van der Waals surface area contributed by atoms with Crippen molar-refractivity contribution in [1.29, 1.82) is 0 Å². The summed E-state index contributed by atoms with van der Waals surface area (Å²) in [6.45, 7) is 0. The highest BCUT2D eigenvalue weighted by Gasteiger charge is 2.35. The molecular formula is C23H17F3N2O. The number of halogens is 3. The summed E-state index contributed by atoms with van der Waals surface area (Å²) in [6.07, 6.45) is -2.71. The van der Waals surface area contributed by atoms with E-state index in [-0.39, 0.29) is 23.3 Å². The molecule has 1 heterocycles. The van der Waals surface area contributed by atoms with Gasteiger partial charge in [0, 0.05) is 11.4 Å². The highest BCUT2D eigenvalue weighted by atomic mass is 19.4. The monoisotopic (exact) mass is 394 g/mol. The Bertz CT molecular complexity index is 1050. The van der Waals surface area contributed by atoms with Crippen molar-refractivity contribution in [2.45, 2.75) is 12.2 Å². The smallest absolute Gasteiger partial charge is 0.351 e. The number of nitrogens with one attached hydrogen (secondary N) is 1. The number of hydrogen-bond acceptors (Lipinski definition) is 2. The van der Waals surface area contributed by atoms with Crippen molar-refractivity contribution >= 4 is 17.3 Å². The second-order valence-electron chi connectivity index (χ2n) is 6.65. The molecule has 1 N–H and O–H groups in total. The molecule has 0 unspecified atom stereocenters. The molecule has 1 amide bonds. The molecule has 146 valence electrons. The van der Waals surface area contributed by atoms with E-state index in [2.05, 4.69) is 5.32 Å². The van der Waals surface area contributed by atoms with Gasteiger partial charge in [0.2, 0.25) is 0 Å². The summed E-state index contributed by atoms with van der Waals surface area (Å²) in [6, 6.07) is 23.1. The molecule has 4 rings (SSSR count). The Morgan fingerprint density at radius 2 is 1.48 bits per heavy atom. The second kappa shape index (κ2) is 7.47. The number of para-hydroxylation sites is 1. The van der Waals surface area contributed by atoms with Gasteiger partial charge in [-0.1, -0.05) is 54.6 Å². The fourth-order valence-electron chi connectivity index (χ4n) is 3.35. The third-order valence-corrected chi connectivity index (χ3v) is 4.70. The van der Waals surface area contributed by atoms with Gasteiger partial charge in [0.25, 0.3) is 5.91 Å². The van der Waals surface area contributed by atoms with Gasteiger partial charge in [-0.25, -0.2) is 0 Å². The van der Waals surface area contributed by atoms with Crippen LogP contribution in [0.15, 0.2) is 96.7 Å². The number of rotatable bonds is 4. The maximum Gasteiger partial charge on any atom is 0.416 e. The molecular weight excluding hydrogens is 377 g/mol. The normalized spacial score (nSPS) is 16.7. The zero-order valence-electron chi connectivity index (χ0n) is 15.2. The van der Waals surface area contributed by atoms with Crippen LogP contribution in [-0.2, 0) is 11.0 Å². The fourth-order valence-corrected chi connectivity index (χ4v) is 3.35. The zero-order valence-corrected chi connectivity index (χ0v) is 15.2. The lowest BCUT2D eigenvalue weighted by atomic mass is 10.1. The Morgan fingerprint density at radius 3 is 2.14 bits per heavy atom. The summed E-state index contributed by atoms with van der Waals surface area (Å²) in [5.74, 6) is -0.303. The number of carbonyl (C=O) groups is 1. The summed E-state index contributed by atoms with van der Waals surface area (Å²) in [4.78, 5) is 14.8. The van der Waals surface area contributed by atoms with Gasteiger partial charge in [-0.15, -0.1) is 0 Å². The molecule has 1 aliphatic rings. The van der Waals surface area contributed by atoms with Crippen LogP contribution in [0.2, 0.25) is 0 Å². The molecule has 0 saturated carbocycles. The van der Waals surface area contributed by atoms with Gasteiger partial charge in [-0.2, -0.15) is 13.2 Å². The topological polar surface area (TPSA) is 32.3 Å². The van der Waals surface area contributed by atoms with Crippen LogP contribution in [0.3, 0.4) is 0 Å². The SMILES string of the molecule is O=C1C(Nc2cccc(C(F)(F)F)c2)=C[C@H](c2ccccc2)N1c1ccccc1. The molecule has 3 aromatic carbocycles. The Balaban J connectivity index is 1.70. The van der Waals surface area contributed by atoms with Gasteiger partial charge in [-0.05, 0) is 42.0 Å². The Hall–Kier alpha value is -3.54. The maximum absolute atomic E-state index is 13.1. The molecule has 0 radical (unpaired) electrons. The van der Waals surface area contributed by atoms with Gasteiger partial charge in [0.15, 0.2) is 0 Å². The number of benzene rings is 3. The molecule has 0 aliphatic carbocycles. The van der Waals surface area contributed by atoms with Crippen LogP contribution in [0.5, 0.6) is 0 Å². The van der Waals surface area contributed by atoms with Gasteiger partial charge >= 0.3 is 6.18 Å². The Labute approximate surface area is 166 Å². The molecule has 0 bridgehead atoms. The summed E-state index contributed by atoms with van der Waals surface area (Å²) < 4.78 is 39.0. The van der Waals surface area contributed by atoms with Crippen LogP contribution in [0.1, 0.15) is 17.2 Å². The number of amides is 1. The lowest BCUT2D eigenvalue weighted by Gasteiger charge is -2.25. The standard InChI is InChI=1S/C23H17F3N2O/c24-23(25,26)17-10-7-11-18(14-17)27-20-15-21(16-8-3-1-4-9-16)28(22(20)29)19-12-5-2-6-13-19/h1-15,21,27H/t21-/m1/s1. The second-order valence-corrected chi connectivity index (χ2v) is 6.65. The molecule has 0 saturated heterocycles. The summed E-state index contributed by atoms with van der Waals surface area (Å²) >= 11 is 0. The van der Waals surface area contributed by atoms with Crippen molar-refractivity contribution in [2.24, 2.45) is 0 Å². The Morgan fingerprint density at radius 1 is 0.828 bits per heavy atom. The van der Waals surface area contributed by atoms with E-state index in [0.29, 0.717) is 5.69 Å². The van der Waals surface area contributed by atoms with Crippen molar-refractivity contribution < 1.29 is 18.0 Å². The van der Waals surface area contributed by atoms with Crippen LogP contribution < -0.4 is 10.2 Å². The van der Waals surface area contributed by atoms with Crippen LogP contribution in [0.25, 0.3) is 0 Å². The molecule has 0 fully saturated rings. The predicted octanol–water partition coefficient (Wildman–Crippen LogP) is 5.79. The third-order valence-electron chi connectivity index (χ3n) is 4.70. The van der Waals surface area contributed by atoms with Gasteiger partial charge < -0.3 is 5.32 Å². The van der Waals surface area contributed by atoms with Crippen LogP contribution in [0.4, 0.5) is 24.5 Å². The van der Waals surface area contributed by atoms with Crippen LogP contribution in [0, 0.1) is 0 Å². The lowest BCUT2D eigenvalue weighted by molar-refractivity contribution is -0.137. The minimum absolute atomic E-state index is 0.209. The first-order chi connectivity index (χ1) is 13.9. The predicted molar refractivity (Wildman–Crippen MR) is 106 cm³/mol. The van der Waals surface area contributed by atoms with E-state index >= 15 is 0 Å². The molecule has 3 nitrogen and oxygen atoms in total. The van der Waals surface area contributed by atoms with E-state index in [4.69, 9.17) is 0 Å². The molecule has 1 aliphatic heterocycles. The van der Waals surface area contributed by atoms with Crippen molar-refractivity contribution in [3.05, 3.63) is 108 Å². The van der Waals surface area contributed by atoms with E-state index in [0.717, 1.165) is 17.7 Å². The number of alkyl halides is 3. The van der Waals surface area contributed by atoms with Crippen molar-refractivity contribution in [3.8, 4) is 0 Å².